The second kappa shape index (κ2) is 9.44. The molecule has 1 saturated heterocycles. The highest BCUT2D eigenvalue weighted by atomic mass is 16.5. The number of aryl methyl sites for hydroxylation is 1. The Morgan fingerprint density at radius 3 is 2.93 bits per heavy atom. The Balaban J connectivity index is 1.44. The van der Waals surface area contributed by atoms with E-state index in [1.165, 1.54) is 0 Å². The van der Waals surface area contributed by atoms with Crippen molar-refractivity contribution in [1.29, 1.82) is 0 Å². The number of benzene rings is 1. The fraction of sp³-hybridized carbons (Fsp3) is 0.455. The van der Waals surface area contributed by atoms with Crippen molar-refractivity contribution in [3.8, 4) is 5.75 Å². The van der Waals surface area contributed by atoms with Gasteiger partial charge in [-0.25, -0.2) is 0 Å². The number of carbonyl (C=O) groups is 2. The second-order valence-electron chi connectivity index (χ2n) is 7.44. The average Bonchev–Trinajstić information content (AvgIpc) is 3.16. The Kier molecular flexibility index (Phi) is 6.74. The lowest BCUT2D eigenvalue weighted by molar-refractivity contribution is -0.121. The zero-order valence-electron chi connectivity index (χ0n) is 16.7. The summed E-state index contributed by atoms with van der Waals surface area (Å²) in [6, 6.07) is 9.54. The Morgan fingerprint density at radius 2 is 2.18 bits per heavy atom. The van der Waals surface area contributed by atoms with Crippen LogP contribution in [0.5, 0.6) is 5.75 Å². The van der Waals surface area contributed by atoms with E-state index in [4.69, 9.17) is 4.74 Å². The second-order valence-corrected chi connectivity index (χ2v) is 7.44. The summed E-state index contributed by atoms with van der Waals surface area (Å²) in [6.45, 7) is 3.94. The van der Waals surface area contributed by atoms with Gasteiger partial charge >= 0.3 is 0 Å². The number of carbonyl (C=O) groups excluding carboxylic acids is 2. The van der Waals surface area contributed by atoms with Crippen LogP contribution in [0.4, 0.5) is 0 Å². The molecule has 6 nitrogen and oxygen atoms in total. The van der Waals surface area contributed by atoms with Crippen LogP contribution in [0.2, 0.25) is 0 Å². The minimum atomic E-state index is 0.0488. The number of hydrogen-bond acceptors (Lipinski definition) is 3. The van der Waals surface area contributed by atoms with E-state index in [0.717, 1.165) is 54.9 Å². The third kappa shape index (κ3) is 5.15. The fourth-order valence-electron chi connectivity index (χ4n) is 3.75. The first-order valence-corrected chi connectivity index (χ1v) is 9.89. The summed E-state index contributed by atoms with van der Waals surface area (Å²) in [7, 11) is 1.63. The number of piperidine rings is 1. The number of ether oxygens (including phenoxy) is 1. The maximum Gasteiger partial charge on any atom is 0.255 e. The number of aromatic amines is 1. The molecule has 2 heterocycles. The van der Waals surface area contributed by atoms with Gasteiger partial charge in [-0.1, -0.05) is 12.1 Å². The number of amides is 2. The zero-order chi connectivity index (χ0) is 19.9. The van der Waals surface area contributed by atoms with Crippen LogP contribution in [0.1, 0.15) is 47.3 Å². The molecule has 28 heavy (non-hydrogen) atoms. The summed E-state index contributed by atoms with van der Waals surface area (Å²) >= 11 is 0. The minimum Gasteiger partial charge on any atom is -0.497 e. The van der Waals surface area contributed by atoms with Gasteiger partial charge in [-0.3, -0.25) is 9.59 Å². The van der Waals surface area contributed by atoms with Crippen LogP contribution in [0.25, 0.3) is 0 Å². The van der Waals surface area contributed by atoms with Gasteiger partial charge in [0.05, 0.1) is 12.7 Å². The number of methoxy groups -OCH3 is 1. The van der Waals surface area contributed by atoms with Gasteiger partial charge in [0.15, 0.2) is 0 Å². The maximum absolute atomic E-state index is 12.7. The first-order valence-electron chi connectivity index (χ1n) is 9.89. The molecule has 2 aromatic rings. The van der Waals surface area contributed by atoms with E-state index in [2.05, 4.69) is 10.3 Å². The highest BCUT2D eigenvalue weighted by Crippen LogP contribution is 2.23. The van der Waals surface area contributed by atoms with Crippen LogP contribution in [0, 0.1) is 12.8 Å². The summed E-state index contributed by atoms with van der Waals surface area (Å²) in [5.41, 5.74) is 2.67. The normalized spacial score (nSPS) is 16.6. The summed E-state index contributed by atoms with van der Waals surface area (Å²) in [5, 5.41) is 2.97. The molecule has 0 unspecified atom stereocenters. The molecule has 3 rings (SSSR count). The summed E-state index contributed by atoms with van der Waals surface area (Å²) in [5.74, 6) is 1.30. The predicted molar refractivity (Wildman–Crippen MR) is 108 cm³/mol. The summed E-state index contributed by atoms with van der Waals surface area (Å²) < 4.78 is 5.21. The standard InChI is InChI=1S/C22H29N3O3/c1-16-20(10-11-23-16)22(27)25-12-4-6-17(15-25)8-9-21(26)24-14-18-5-3-7-19(13-18)28-2/h3,5,7,10-11,13,17,23H,4,6,8-9,12,14-15H2,1-2H3,(H,24,26)/t17-/m1/s1. The highest BCUT2D eigenvalue weighted by Gasteiger charge is 2.25. The van der Waals surface area contributed by atoms with E-state index in [1.54, 1.807) is 13.3 Å². The van der Waals surface area contributed by atoms with Crippen molar-refractivity contribution in [1.82, 2.24) is 15.2 Å². The molecule has 1 fully saturated rings. The van der Waals surface area contributed by atoms with Gasteiger partial charge in [0.1, 0.15) is 5.75 Å². The third-order valence-electron chi connectivity index (χ3n) is 5.39. The smallest absolute Gasteiger partial charge is 0.255 e. The molecule has 0 spiro atoms. The Labute approximate surface area is 166 Å². The quantitative estimate of drug-likeness (QED) is 0.770. The van der Waals surface area contributed by atoms with Crippen LogP contribution >= 0.6 is 0 Å². The molecule has 0 aliphatic carbocycles. The highest BCUT2D eigenvalue weighted by molar-refractivity contribution is 5.95. The van der Waals surface area contributed by atoms with Gasteiger partial charge in [-0.05, 0) is 55.9 Å². The van der Waals surface area contributed by atoms with Gasteiger partial charge < -0.3 is 19.9 Å². The van der Waals surface area contributed by atoms with Crippen molar-refractivity contribution >= 4 is 11.8 Å². The predicted octanol–water partition coefficient (Wildman–Crippen LogP) is 3.28. The van der Waals surface area contributed by atoms with Gasteiger partial charge in [0.25, 0.3) is 5.91 Å². The molecule has 150 valence electrons. The van der Waals surface area contributed by atoms with Gasteiger partial charge in [0, 0.05) is 37.9 Å². The maximum atomic E-state index is 12.7. The number of nitrogens with zero attached hydrogens (tertiary/aromatic N) is 1. The molecule has 2 N–H and O–H groups in total. The molecule has 1 aromatic heterocycles. The number of likely N-dealkylation sites (tertiary alicyclic amines) is 1. The van der Waals surface area contributed by atoms with Crippen LogP contribution in [-0.4, -0.2) is 41.9 Å². The first kappa shape index (κ1) is 20.0. The first-order chi connectivity index (χ1) is 13.6. The largest absolute Gasteiger partial charge is 0.497 e. The Hall–Kier alpha value is -2.76. The van der Waals surface area contributed by atoms with Crippen LogP contribution < -0.4 is 10.1 Å². The lowest BCUT2D eigenvalue weighted by Crippen LogP contribution is -2.40. The molecular formula is C22H29N3O3. The summed E-state index contributed by atoms with van der Waals surface area (Å²) in [6.07, 6.45) is 5.15. The minimum absolute atomic E-state index is 0.0488. The van der Waals surface area contributed by atoms with Crippen LogP contribution in [0.3, 0.4) is 0 Å². The topological polar surface area (TPSA) is 74.4 Å². The van der Waals surface area contributed by atoms with Crippen molar-refractivity contribution in [2.45, 2.75) is 39.2 Å². The van der Waals surface area contributed by atoms with Gasteiger partial charge in [0.2, 0.25) is 5.91 Å². The molecule has 0 saturated carbocycles. The number of aromatic nitrogens is 1. The van der Waals surface area contributed by atoms with Gasteiger partial charge in [-0.2, -0.15) is 0 Å². The number of hydrogen-bond donors (Lipinski definition) is 2. The average molecular weight is 383 g/mol. The van der Waals surface area contributed by atoms with E-state index < -0.39 is 0 Å². The van der Waals surface area contributed by atoms with E-state index in [9.17, 15) is 9.59 Å². The fourth-order valence-corrected chi connectivity index (χ4v) is 3.75. The number of nitrogens with one attached hydrogen (secondary N) is 2. The van der Waals surface area contributed by atoms with Crippen LogP contribution in [0.15, 0.2) is 36.5 Å². The van der Waals surface area contributed by atoms with E-state index in [1.807, 2.05) is 42.2 Å². The summed E-state index contributed by atoms with van der Waals surface area (Å²) in [4.78, 5) is 29.9. The van der Waals surface area contributed by atoms with Crippen LogP contribution in [-0.2, 0) is 11.3 Å². The van der Waals surface area contributed by atoms with E-state index >= 15 is 0 Å². The van der Waals surface area contributed by atoms with E-state index in [-0.39, 0.29) is 11.8 Å². The lowest BCUT2D eigenvalue weighted by atomic mass is 9.93. The van der Waals surface area contributed by atoms with Crippen molar-refractivity contribution < 1.29 is 14.3 Å². The molecule has 1 aromatic carbocycles. The monoisotopic (exact) mass is 383 g/mol. The molecule has 0 bridgehead atoms. The van der Waals surface area contributed by atoms with Crippen molar-refractivity contribution in [3.63, 3.8) is 0 Å². The Morgan fingerprint density at radius 1 is 1.32 bits per heavy atom. The Bertz CT molecular complexity index is 815. The molecule has 1 atom stereocenters. The number of H-pyrrole nitrogens is 1. The van der Waals surface area contributed by atoms with E-state index in [0.29, 0.717) is 18.9 Å². The molecule has 1 aliphatic heterocycles. The van der Waals surface area contributed by atoms with Gasteiger partial charge in [-0.15, -0.1) is 0 Å². The molecule has 2 amide bonds. The molecular weight excluding hydrogens is 354 g/mol. The molecule has 6 heteroatoms. The number of rotatable bonds is 7. The van der Waals surface area contributed by atoms with Crippen molar-refractivity contribution in [2.24, 2.45) is 5.92 Å². The van der Waals surface area contributed by atoms with Crippen molar-refractivity contribution in [3.05, 3.63) is 53.3 Å². The van der Waals surface area contributed by atoms with Crippen molar-refractivity contribution in [2.75, 3.05) is 20.2 Å². The molecule has 0 radical (unpaired) electrons. The zero-order valence-corrected chi connectivity index (χ0v) is 16.7. The SMILES string of the molecule is COc1cccc(CNC(=O)CC[C@H]2CCCN(C(=O)c3cc[nH]c3C)C2)c1. The third-order valence-corrected chi connectivity index (χ3v) is 5.39. The molecule has 1 aliphatic rings. The lowest BCUT2D eigenvalue weighted by Gasteiger charge is -2.32.